The van der Waals surface area contributed by atoms with Crippen LogP contribution in [0.3, 0.4) is 0 Å². The Morgan fingerprint density at radius 2 is 1.79 bits per heavy atom. The Morgan fingerprint density at radius 1 is 1.12 bits per heavy atom. The van der Waals surface area contributed by atoms with Gasteiger partial charge in [0.15, 0.2) is 0 Å². The maximum Gasteiger partial charge on any atom is 0.277 e. The van der Waals surface area contributed by atoms with Crippen molar-refractivity contribution in [1.82, 2.24) is 4.98 Å². The molecule has 0 saturated heterocycles. The largest absolute Gasteiger partial charge is 0.303 e. The van der Waals surface area contributed by atoms with Gasteiger partial charge in [-0.25, -0.2) is 0 Å². The van der Waals surface area contributed by atoms with E-state index in [1.54, 1.807) is 17.2 Å². The standard InChI is InChI=1S/C20H19ClN2O/c1-3-14(2)23(19-11-7-6-10-17(19)21)20(24)18-12-15-8-4-5-9-16(15)13-22-18/h4-14H,3H2,1-2H3/t14-/m0/s1. The monoisotopic (exact) mass is 338 g/mol. The van der Waals surface area contributed by atoms with Crippen molar-refractivity contribution in [2.45, 2.75) is 26.3 Å². The summed E-state index contributed by atoms with van der Waals surface area (Å²) in [6.07, 6.45) is 2.56. The summed E-state index contributed by atoms with van der Waals surface area (Å²) >= 11 is 6.33. The Kier molecular flexibility index (Phi) is 4.81. The number of amides is 1. The maximum atomic E-state index is 13.1. The van der Waals surface area contributed by atoms with E-state index in [0.717, 1.165) is 17.2 Å². The quantitative estimate of drug-likeness (QED) is 0.643. The average Bonchev–Trinajstić information content (AvgIpc) is 2.62. The number of pyridine rings is 1. The summed E-state index contributed by atoms with van der Waals surface area (Å²) in [4.78, 5) is 19.2. The summed E-state index contributed by atoms with van der Waals surface area (Å²) in [6, 6.07) is 17.2. The van der Waals surface area contributed by atoms with E-state index in [0.29, 0.717) is 16.4 Å². The van der Waals surface area contributed by atoms with Crippen molar-refractivity contribution in [3.63, 3.8) is 0 Å². The Hall–Kier alpha value is -2.39. The molecule has 0 aliphatic rings. The second-order valence-electron chi connectivity index (χ2n) is 5.80. The molecular formula is C20H19ClN2O. The molecule has 1 amide bonds. The first kappa shape index (κ1) is 16.5. The van der Waals surface area contributed by atoms with Gasteiger partial charge < -0.3 is 4.90 Å². The van der Waals surface area contributed by atoms with Crippen LogP contribution in [0.2, 0.25) is 5.02 Å². The molecule has 24 heavy (non-hydrogen) atoms. The van der Waals surface area contributed by atoms with Gasteiger partial charge >= 0.3 is 0 Å². The van der Waals surface area contributed by atoms with Gasteiger partial charge in [0.05, 0.1) is 10.7 Å². The topological polar surface area (TPSA) is 33.2 Å². The first-order chi connectivity index (χ1) is 11.6. The highest BCUT2D eigenvalue weighted by Gasteiger charge is 2.25. The minimum absolute atomic E-state index is 0.0191. The maximum absolute atomic E-state index is 13.1. The lowest BCUT2D eigenvalue weighted by molar-refractivity contribution is 0.0973. The lowest BCUT2D eigenvalue weighted by Crippen LogP contribution is -2.39. The van der Waals surface area contributed by atoms with Crippen LogP contribution in [0.4, 0.5) is 5.69 Å². The number of carbonyl (C=O) groups excluding carboxylic acids is 1. The van der Waals surface area contributed by atoms with Crippen LogP contribution in [0.25, 0.3) is 10.8 Å². The van der Waals surface area contributed by atoms with Gasteiger partial charge in [-0.2, -0.15) is 0 Å². The molecule has 0 radical (unpaired) electrons. The number of hydrogen-bond acceptors (Lipinski definition) is 2. The lowest BCUT2D eigenvalue weighted by Gasteiger charge is -2.29. The van der Waals surface area contributed by atoms with Crippen molar-refractivity contribution in [2.75, 3.05) is 4.90 Å². The van der Waals surface area contributed by atoms with Crippen LogP contribution < -0.4 is 4.90 Å². The number of fused-ring (bicyclic) bond motifs is 1. The van der Waals surface area contributed by atoms with E-state index in [4.69, 9.17) is 11.6 Å². The van der Waals surface area contributed by atoms with Crippen LogP contribution >= 0.6 is 11.6 Å². The zero-order valence-electron chi connectivity index (χ0n) is 13.7. The van der Waals surface area contributed by atoms with Crippen molar-refractivity contribution in [1.29, 1.82) is 0 Å². The van der Waals surface area contributed by atoms with E-state index in [1.165, 1.54) is 0 Å². The Balaban J connectivity index is 2.06. The van der Waals surface area contributed by atoms with E-state index < -0.39 is 0 Å². The molecule has 1 aromatic heterocycles. The highest BCUT2D eigenvalue weighted by Crippen LogP contribution is 2.29. The van der Waals surface area contributed by atoms with Gasteiger partial charge in [-0.15, -0.1) is 0 Å². The highest BCUT2D eigenvalue weighted by molar-refractivity contribution is 6.34. The SMILES string of the molecule is CC[C@H](C)N(C(=O)c1cc2ccccc2cn1)c1ccccc1Cl. The molecule has 0 aliphatic carbocycles. The van der Waals surface area contributed by atoms with Crippen molar-refractivity contribution in [2.24, 2.45) is 0 Å². The first-order valence-corrected chi connectivity index (χ1v) is 8.42. The molecule has 4 heteroatoms. The number of halogens is 1. The molecule has 1 heterocycles. The second kappa shape index (κ2) is 7.02. The van der Waals surface area contributed by atoms with Crippen molar-refractivity contribution in [3.05, 3.63) is 71.5 Å². The van der Waals surface area contributed by atoms with Gasteiger partial charge in [-0.3, -0.25) is 9.78 Å². The molecule has 3 rings (SSSR count). The number of benzene rings is 2. The molecule has 3 nitrogen and oxygen atoms in total. The highest BCUT2D eigenvalue weighted by atomic mass is 35.5. The fourth-order valence-corrected chi connectivity index (χ4v) is 2.93. The van der Waals surface area contributed by atoms with Gasteiger partial charge in [0.25, 0.3) is 5.91 Å². The molecule has 3 aromatic rings. The smallest absolute Gasteiger partial charge is 0.277 e. The minimum Gasteiger partial charge on any atom is -0.303 e. The molecule has 0 spiro atoms. The van der Waals surface area contributed by atoms with Gasteiger partial charge in [0, 0.05) is 17.6 Å². The fraction of sp³-hybridized carbons (Fsp3) is 0.200. The van der Waals surface area contributed by atoms with E-state index in [1.807, 2.05) is 55.5 Å². The molecule has 2 aromatic carbocycles. The normalized spacial score (nSPS) is 12.1. The number of para-hydroxylation sites is 1. The van der Waals surface area contributed by atoms with Crippen LogP contribution in [-0.2, 0) is 0 Å². The fourth-order valence-electron chi connectivity index (χ4n) is 2.70. The number of carbonyl (C=O) groups is 1. The zero-order valence-corrected chi connectivity index (χ0v) is 14.5. The predicted molar refractivity (Wildman–Crippen MR) is 99.8 cm³/mol. The van der Waals surface area contributed by atoms with Crippen LogP contribution in [0.1, 0.15) is 30.8 Å². The van der Waals surface area contributed by atoms with Crippen LogP contribution in [0, 0.1) is 0 Å². The average molecular weight is 339 g/mol. The van der Waals surface area contributed by atoms with Crippen molar-refractivity contribution >= 4 is 34.0 Å². The molecular weight excluding hydrogens is 320 g/mol. The number of anilines is 1. The Morgan fingerprint density at radius 3 is 2.50 bits per heavy atom. The summed E-state index contributed by atoms with van der Waals surface area (Å²) in [7, 11) is 0. The van der Waals surface area contributed by atoms with E-state index >= 15 is 0 Å². The zero-order chi connectivity index (χ0) is 17.1. The number of hydrogen-bond donors (Lipinski definition) is 0. The number of aromatic nitrogens is 1. The second-order valence-corrected chi connectivity index (χ2v) is 6.21. The molecule has 0 bridgehead atoms. The van der Waals surface area contributed by atoms with Gasteiger partial charge in [0.1, 0.15) is 5.69 Å². The summed E-state index contributed by atoms with van der Waals surface area (Å²) in [5, 5.41) is 2.58. The number of rotatable bonds is 4. The molecule has 0 N–H and O–H groups in total. The summed E-state index contributed by atoms with van der Waals surface area (Å²) in [5.41, 5.74) is 1.14. The lowest BCUT2D eigenvalue weighted by atomic mass is 10.1. The Bertz CT molecular complexity index is 878. The molecule has 0 saturated carbocycles. The molecule has 0 aliphatic heterocycles. The third-order valence-corrected chi connectivity index (χ3v) is 4.53. The summed E-state index contributed by atoms with van der Waals surface area (Å²) in [5.74, 6) is -0.136. The number of nitrogens with zero attached hydrogens (tertiary/aromatic N) is 2. The van der Waals surface area contributed by atoms with Crippen LogP contribution in [-0.4, -0.2) is 16.9 Å². The third kappa shape index (κ3) is 3.13. The van der Waals surface area contributed by atoms with Gasteiger partial charge in [-0.1, -0.05) is 54.9 Å². The van der Waals surface area contributed by atoms with E-state index in [9.17, 15) is 4.79 Å². The van der Waals surface area contributed by atoms with Crippen LogP contribution in [0.5, 0.6) is 0 Å². The minimum atomic E-state index is -0.136. The molecule has 122 valence electrons. The summed E-state index contributed by atoms with van der Waals surface area (Å²) < 4.78 is 0. The van der Waals surface area contributed by atoms with Crippen molar-refractivity contribution < 1.29 is 4.79 Å². The van der Waals surface area contributed by atoms with E-state index in [-0.39, 0.29) is 11.9 Å². The molecule has 1 atom stereocenters. The van der Waals surface area contributed by atoms with Crippen molar-refractivity contribution in [3.8, 4) is 0 Å². The van der Waals surface area contributed by atoms with Crippen LogP contribution in [0.15, 0.2) is 60.8 Å². The molecule has 0 unspecified atom stereocenters. The van der Waals surface area contributed by atoms with E-state index in [2.05, 4.69) is 11.9 Å². The van der Waals surface area contributed by atoms with Gasteiger partial charge in [-0.05, 0) is 36.9 Å². The Labute approximate surface area is 146 Å². The third-order valence-electron chi connectivity index (χ3n) is 4.21. The predicted octanol–water partition coefficient (Wildman–Crippen LogP) is 5.33. The van der Waals surface area contributed by atoms with Gasteiger partial charge in [0.2, 0.25) is 0 Å². The first-order valence-electron chi connectivity index (χ1n) is 8.04. The summed E-state index contributed by atoms with van der Waals surface area (Å²) in [6.45, 7) is 4.07. The molecule has 0 fully saturated rings.